The molecule has 0 fully saturated rings. The standard InChI is InChI=1S/C7H8F2N2/c1-5(2)6-3-10-11(4-6)7(8)9/h3-4,7H,1H2,2H3. The second kappa shape index (κ2) is 2.82. The third-order valence-electron chi connectivity index (χ3n) is 1.29. The summed E-state index contributed by atoms with van der Waals surface area (Å²) in [5.41, 5.74) is 1.38. The highest BCUT2D eigenvalue weighted by atomic mass is 19.3. The molecule has 1 rings (SSSR count). The molecule has 0 atom stereocenters. The first kappa shape index (κ1) is 7.91. The van der Waals surface area contributed by atoms with E-state index >= 15 is 0 Å². The van der Waals surface area contributed by atoms with Gasteiger partial charge in [0.25, 0.3) is 0 Å². The molecule has 0 aliphatic heterocycles. The number of allylic oxidation sites excluding steroid dienone is 1. The molecule has 1 heterocycles. The van der Waals surface area contributed by atoms with Crippen LogP contribution in [0.4, 0.5) is 8.78 Å². The van der Waals surface area contributed by atoms with E-state index in [1.54, 1.807) is 6.92 Å². The Kier molecular flexibility index (Phi) is 2.03. The van der Waals surface area contributed by atoms with E-state index in [1.165, 1.54) is 12.4 Å². The minimum atomic E-state index is -2.57. The van der Waals surface area contributed by atoms with E-state index in [1.807, 2.05) is 0 Å². The van der Waals surface area contributed by atoms with Crippen LogP contribution in [0.15, 0.2) is 19.0 Å². The lowest BCUT2D eigenvalue weighted by Crippen LogP contribution is -1.96. The molecule has 0 amide bonds. The molecular formula is C7H8F2N2. The Bertz CT molecular complexity index is 265. The van der Waals surface area contributed by atoms with Gasteiger partial charge in [0.2, 0.25) is 0 Å². The largest absolute Gasteiger partial charge is 0.333 e. The van der Waals surface area contributed by atoms with Crippen molar-refractivity contribution in [2.75, 3.05) is 0 Å². The highest BCUT2D eigenvalue weighted by Gasteiger charge is 2.06. The SMILES string of the molecule is C=C(C)c1cnn(C(F)F)c1. The quantitative estimate of drug-likeness (QED) is 0.645. The smallest absolute Gasteiger partial charge is 0.211 e. The van der Waals surface area contributed by atoms with E-state index in [0.29, 0.717) is 10.2 Å². The van der Waals surface area contributed by atoms with Gasteiger partial charge in [0.15, 0.2) is 0 Å². The molecule has 1 aromatic heterocycles. The molecule has 0 aliphatic carbocycles. The Morgan fingerprint density at radius 2 is 2.36 bits per heavy atom. The van der Waals surface area contributed by atoms with Gasteiger partial charge in [-0.2, -0.15) is 13.9 Å². The molecule has 0 spiro atoms. The van der Waals surface area contributed by atoms with Crippen LogP contribution in [0.5, 0.6) is 0 Å². The third-order valence-corrected chi connectivity index (χ3v) is 1.29. The van der Waals surface area contributed by atoms with Crippen molar-refractivity contribution in [3.05, 3.63) is 24.5 Å². The highest BCUT2D eigenvalue weighted by molar-refractivity contribution is 5.59. The lowest BCUT2D eigenvalue weighted by Gasteiger charge is -1.95. The normalized spacial score (nSPS) is 10.5. The van der Waals surface area contributed by atoms with Crippen molar-refractivity contribution in [3.8, 4) is 0 Å². The lowest BCUT2D eigenvalue weighted by molar-refractivity contribution is 0.0566. The lowest BCUT2D eigenvalue weighted by atomic mass is 10.2. The Morgan fingerprint density at radius 1 is 1.73 bits per heavy atom. The summed E-state index contributed by atoms with van der Waals surface area (Å²) in [4.78, 5) is 0. The maximum Gasteiger partial charge on any atom is 0.333 e. The molecule has 4 heteroatoms. The maximum absolute atomic E-state index is 11.9. The van der Waals surface area contributed by atoms with Crippen molar-refractivity contribution < 1.29 is 8.78 Å². The molecule has 60 valence electrons. The number of aromatic nitrogens is 2. The van der Waals surface area contributed by atoms with E-state index in [2.05, 4.69) is 11.7 Å². The second-order valence-corrected chi connectivity index (χ2v) is 2.27. The predicted molar refractivity (Wildman–Crippen MR) is 38.2 cm³/mol. The van der Waals surface area contributed by atoms with E-state index in [9.17, 15) is 8.78 Å². The van der Waals surface area contributed by atoms with Gasteiger partial charge in [0.1, 0.15) is 0 Å². The van der Waals surface area contributed by atoms with Gasteiger partial charge in [-0.05, 0) is 12.5 Å². The van der Waals surface area contributed by atoms with Gasteiger partial charge in [0.05, 0.1) is 6.20 Å². The van der Waals surface area contributed by atoms with Crippen molar-refractivity contribution in [3.63, 3.8) is 0 Å². The minimum absolute atomic E-state index is 0.601. The van der Waals surface area contributed by atoms with Crippen LogP contribution >= 0.6 is 0 Å². The van der Waals surface area contributed by atoms with Crippen molar-refractivity contribution in [2.24, 2.45) is 0 Å². The van der Waals surface area contributed by atoms with Gasteiger partial charge in [-0.15, -0.1) is 0 Å². The number of rotatable bonds is 2. The number of halogens is 2. The Hall–Kier alpha value is -1.19. The monoisotopic (exact) mass is 158 g/mol. The molecule has 2 nitrogen and oxygen atoms in total. The second-order valence-electron chi connectivity index (χ2n) is 2.27. The zero-order chi connectivity index (χ0) is 8.43. The van der Waals surface area contributed by atoms with Crippen LogP contribution in [-0.2, 0) is 0 Å². The third kappa shape index (κ3) is 1.63. The number of hydrogen-bond acceptors (Lipinski definition) is 1. The predicted octanol–water partition coefficient (Wildman–Crippen LogP) is 2.31. The number of nitrogens with zero attached hydrogens (tertiary/aromatic N) is 2. The molecule has 1 aromatic rings. The van der Waals surface area contributed by atoms with Crippen LogP contribution < -0.4 is 0 Å². The van der Waals surface area contributed by atoms with Crippen LogP contribution in [0.25, 0.3) is 5.57 Å². The Morgan fingerprint density at radius 3 is 2.64 bits per heavy atom. The summed E-state index contributed by atoms with van der Waals surface area (Å²) >= 11 is 0. The summed E-state index contributed by atoms with van der Waals surface area (Å²) in [6.07, 6.45) is 2.64. The van der Waals surface area contributed by atoms with Crippen molar-refractivity contribution >= 4 is 5.57 Å². The summed E-state index contributed by atoms with van der Waals surface area (Å²) in [6.45, 7) is 2.78. The maximum atomic E-state index is 11.9. The van der Waals surface area contributed by atoms with Crippen LogP contribution in [0.1, 0.15) is 19.0 Å². The summed E-state index contributed by atoms with van der Waals surface area (Å²) in [5.74, 6) is 0. The number of hydrogen-bond donors (Lipinski definition) is 0. The van der Waals surface area contributed by atoms with Gasteiger partial charge in [0, 0.05) is 11.8 Å². The van der Waals surface area contributed by atoms with Crippen LogP contribution in [0.2, 0.25) is 0 Å². The summed E-state index contributed by atoms with van der Waals surface area (Å²) in [5, 5.41) is 3.44. The Labute approximate surface area is 63.1 Å². The zero-order valence-corrected chi connectivity index (χ0v) is 6.09. The first-order valence-corrected chi connectivity index (χ1v) is 3.09. The minimum Gasteiger partial charge on any atom is -0.211 e. The average Bonchev–Trinajstić information content (AvgIpc) is 2.33. The molecule has 0 aromatic carbocycles. The number of alkyl halides is 2. The zero-order valence-electron chi connectivity index (χ0n) is 6.09. The average molecular weight is 158 g/mol. The van der Waals surface area contributed by atoms with Crippen LogP contribution in [0.3, 0.4) is 0 Å². The van der Waals surface area contributed by atoms with E-state index < -0.39 is 6.55 Å². The summed E-state index contributed by atoms with van der Waals surface area (Å²) in [7, 11) is 0. The summed E-state index contributed by atoms with van der Waals surface area (Å²) < 4.78 is 24.4. The first-order valence-electron chi connectivity index (χ1n) is 3.09. The molecule has 0 N–H and O–H groups in total. The van der Waals surface area contributed by atoms with Crippen LogP contribution in [-0.4, -0.2) is 9.78 Å². The molecule has 0 saturated heterocycles. The molecule has 0 bridgehead atoms. The Balaban J connectivity index is 2.90. The molecule has 11 heavy (non-hydrogen) atoms. The highest BCUT2D eigenvalue weighted by Crippen LogP contribution is 2.14. The van der Waals surface area contributed by atoms with Crippen molar-refractivity contribution in [2.45, 2.75) is 13.5 Å². The molecule has 0 radical (unpaired) electrons. The fraction of sp³-hybridized carbons (Fsp3) is 0.286. The molecular weight excluding hydrogens is 150 g/mol. The van der Waals surface area contributed by atoms with E-state index in [4.69, 9.17) is 0 Å². The fourth-order valence-corrected chi connectivity index (χ4v) is 0.665. The fourth-order valence-electron chi connectivity index (χ4n) is 0.665. The molecule has 0 unspecified atom stereocenters. The first-order chi connectivity index (χ1) is 5.11. The van der Waals surface area contributed by atoms with Gasteiger partial charge < -0.3 is 0 Å². The van der Waals surface area contributed by atoms with E-state index in [0.717, 1.165) is 5.57 Å². The van der Waals surface area contributed by atoms with E-state index in [-0.39, 0.29) is 0 Å². The van der Waals surface area contributed by atoms with Gasteiger partial charge in [-0.1, -0.05) is 6.58 Å². The molecule has 0 aliphatic rings. The topological polar surface area (TPSA) is 17.8 Å². The van der Waals surface area contributed by atoms with Gasteiger partial charge in [-0.3, -0.25) is 0 Å². The van der Waals surface area contributed by atoms with Crippen molar-refractivity contribution in [1.82, 2.24) is 9.78 Å². The van der Waals surface area contributed by atoms with Gasteiger partial charge in [-0.25, -0.2) is 4.68 Å². The van der Waals surface area contributed by atoms with Gasteiger partial charge >= 0.3 is 6.55 Å². The molecule has 0 saturated carbocycles. The summed E-state index contributed by atoms with van der Waals surface area (Å²) in [6, 6.07) is 0. The van der Waals surface area contributed by atoms with Crippen LogP contribution in [0, 0.1) is 0 Å². The van der Waals surface area contributed by atoms with Crippen molar-refractivity contribution in [1.29, 1.82) is 0 Å².